The number of amides is 1. The number of thioether (sulfide) groups is 1. The maximum Gasteiger partial charge on any atom is 0.286 e. The molecule has 0 radical (unpaired) electrons. The van der Waals surface area contributed by atoms with Crippen molar-refractivity contribution in [3.05, 3.63) is 64.8 Å². The molecule has 0 aromatic heterocycles. The first kappa shape index (κ1) is 17.8. The van der Waals surface area contributed by atoms with Crippen LogP contribution in [0.25, 0.3) is 6.08 Å². The van der Waals surface area contributed by atoms with E-state index in [1.165, 1.54) is 17.8 Å². The van der Waals surface area contributed by atoms with Gasteiger partial charge in [0.05, 0.1) is 18.1 Å². The summed E-state index contributed by atoms with van der Waals surface area (Å²) < 4.78 is 25.0. The number of hydrogen-bond acceptors (Lipinski definition) is 5. The van der Waals surface area contributed by atoms with E-state index in [2.05, 4.69) is 4.99 Å². The second-order valence-corrected chi connectivity index (χ2v) is 7.02. The van der Waals surface area contributed by atoms with E-state index in [1.54, 1.807) is 30.3 Å². The van der Waals surface area contributed by atoms with Gasteiger partial charge in [-0.25, -0.2) is 4.39 Å². The molecule has 2 aromatic rings. The highest BCUT2D eigenvalue weighted by Crippen LogP contribution is 2.32. The van der Waals surface area contributed by atoms with E-state index in [0.29, 0.717) is 34.6 Å². The third-order valence-electron chi connectivity index (χ3n) is 4.11. The smallest absolute Gasteiger partial charge is 0.286 e. The van der Waals surface area contributed by atoms with E-state index >= 15 is 0 Å². The zero-order chi connectivity index (χ0) is 18.6. The van der Waals surface area contributed by atoms with Gasteiger partial charge in [0.1, 0.15) is 5.75 Å². The lowest BCUT2D eigenvalue weighted by atomic mass is 10.2. The third-order valence-corrected chi connectivity index (χ3v) is 5.16. The lowest BCUT2D eigenvalue weighted by Gasteiger charge is -2.27. The number of nitrogens with zero attached hydrogens (tertiary/aromatic N) is 2. The van der Waals surface area contributed by atoms with Crippen LogP contribution in [-0.2, 0) is 9.53 Å². The van der Waals surface area contributed by atoms with E-state index in [1.807, 2.05) is 23.1 Å². The van der Waals surface area contributed by atoms with Crippen molar-refractivity contribution in [1.82, 2.24) is 4.90 Å². The first-order valence-corrected chi connectivity index (χ1v) is 9.38. The molecule has 0 bridgehead atoms. The van der Waals surface area contributed by atoms with Crippen LogP contribution in [0.3, 0.4) is 0 Å². The summed E-state index contributed by atoms with van der Waals surface area (Å²) >= 11 is 1.33. The summed E-state index contributed by atoms with van der Waals surface area (Å²) in [5.74, 6) is -0.0845. The topological polar surface area (TPSA) is 51.1 Å². The van der Waals surface area contributed by atoms with Gasteiger partial charge in [-0.15, -0.1) is 0 Å². The van der Waals surface area contributed by atoms with Crippen LogP contribution in [-0.4, -0.2) is 42.3 Å². The number of carbonyl (C=O) groups excluding carboxylic acids is 1. The predicted molar refractivity (Wildman–Crippen MR) is 103 cm³/mol. The maximum atomic E-state index is 14.1. The molecule has 0 unspecified atom stereocenters. The Kier molecular flexibility index (Phi) is 5.22. The third kappa shape index (κ3) is 4.20. The van der Waals surface area contributed by atoms with Crippen LogP contribution in [0.5, 0.6) is 11.5 Å². The van der Waals surface area contributed by atoms with Crippen LogP contribution in [0.4, 0.5) is 4.39 Å². The van der Waals surface area contributed by atoms with Crippen molar-refractivity contribution in [3.8, 4) is 11.5 Å². The molecule has 1 amide bonds. The first-order valence-electron chi connectivity index (χ1n) is 8.57. The zero-order valence-corrected chi connectivity index (χ0v) is 15.2. The minimum atomic E-state index is -0.461. The Morgan fingerprint density at radius 1 is 1.15 bits per heavy atom. The molecule has 138 valence electrons. The lowest BCUT2D eigenvalue weighted by molar-refractivity contribution is -0.113. The lowest BCUT2D eigenvalue weighted by Crippen LogP contribution is -2.38. The molecule has 0 aliphatic carbocycles. The van der Waals surface area contributed by atoms with Crippen molar-refractivity contribution < 1.29 is 18.7 Å². The maximum absolute atomic E-state index is 14.1. The van der Waals surface area contributed by atoms with Crippen molar-refractivity contribution in [2.24, 2.45) is 4.99 Å². The molecule has 1 saturated heterocycles. The first-order chi connectivity index (χ1) is 13.2. The Labute approximate surface area is 160 Å². The Hall–Kier alpha value is -2.64. The van der Waals surface area contributed by atoms with Gasteiger partial charge < -0.3 is 14.4 Å². The van der Waals surface area contributed by atoms with Crippen molar-refractivity contribution in [2.75, 3.05) is 26.3 Å². The summed E-state index contributed by atoms with van der Waals surface area (Å²) in [6.07, 6.45) is 1.71. The van der Waals surface area contributed by atoms with Gasteiger partial charge in [0.2, 0.25) is 0 Å². The fraction of sp³-hybridized carbons (Fsp3) is 0.200. The number of amidine groups is 1. The summed E-state index contributed by atoms with van der Waals surface area (Å²) in [4.78, 5) is 18.9. The summed E-state index contributed by atoms with van der Waals surface area (Å²) in [5, 5.41) is 0.692. The van der Waals surface area contributed by atoms with Crippen molar-refractivity contribution in [1.29, 1.82) is 0 Å². The van der Waals surface area contributed by atoms with Crippen molar-refractivity contribution >= 4 is 28.9 Å². The Balaban J connectivity index is 1.52. The number of para-hydroxylation sites is 1. The van der Waals surface area contributed by atoms with E-state index in [0.717, 1.165) is 13.1 Å². The van der Waals surface area contributed by atoms with Gasteiger partial charge >= 0.3 is 0 Å². The fourth-order valence-electron chi connectivity index (χ4n) is 2.74. The molecule has 2 heterocycles. The van der Waals surface area contributed by atoms with Gasteiger partial charge in [0.25, 0.3) is 5.91 Å². The molecule has 2 aliphatic heterocycles. The summed E-state index contributed by atoms with van der Waals surface area (Å²) in [5.41, 5.74) is 0.677. The number of rotatable bonds is 3. The Morgan fingerprint density at radius 3 is 2.70 bits per heavy atom. The zero-order valence-electron chi connectivity index (χ0n) is 14.4. The van der Waals surface area contributed by atoms with Crippen molar-refractivity contribution in [3.63, 3.8) is 0 Å². The quantitative estimate of drug-likeness (QED) is 0.751. The SMILES string of the molecule is O=C1N=C(N2CCOCC2)S/C1=C\c1ccc(F)c(Oc2ccccc2)c1. The monoisotopic (exact) mass is 384 g/mol. The molecule has 2 aliphatic rings. The van der Waals surface area contributed by atoms with Crippen LogP contribution in [0.15, 0.2) is 58.4 Å². The molecular formula is C20H17FN2O3S. The minimum absolute atomic E-state index is 0.111. The average Bonchev–Trinajstić information content (AvgIpc) is 3.06. The van der Waals surface area contributed by atoms with Crippen LogP contribution < -0.4 is 4.74 Å². The molecule has 5 nitrogen and oxygen atoms in total. The highest BCUT2D eigenvalue weighted by atomic mass is 32.2. The molecule has 0 N–H and O–H groups in total. The van der Waals surface area contributed by atoms with E-state index < -0.39 is 5.82 Å². The largest absolute Gasteiger partial charge is 0.454 e. The predicted octanol–water partition coefficient (Wildman–Crippen LogP) is 3.92. The van der Waals surface area contributed by atoms with Crippen LogP contribution in [0.2, 0.25) is 0 Å². The van der Waals surface area contributed by atoms with E-state index in [9.17, 15) is 9.18 Å². The molecule has 4 rings (SSSR count). The molecule has 7 heteroatoms. The Morgan fingerprint density at radius 2 is 1.93 bits per heavy atom. The van der Waals surface area contributed by atoms with Crippen LogP contribution >= 0.6 is 11.8 Å². The molecule has 2 aromatic carbocycles. The summed E-state index contributed by atoms with van der Waals surface area (Å²) in [6, 6.07) is 13.5. The van der Waals surface area contributed by atoms with Gasteiger partial charge in [-0.05, 0) is 47.7 Å². The molecule has 0 saturated carbocycles. The highest BCUT2D eigenvalue weighted by molar-refractivity contribution is 8.18. The summed E-state index contributed by atoms with van der Waals surface area (Å²) in [6.45, 7) is 2.70. The number of halogens is 1. The second kappa shape index (κ2) is 7.94. The van der Waals surface area contributed by atoms with Crippen LogP contribution in [0.1, 0.15) is 5.56 Å². The highest BCUT2D eigenvalue weighted by Gasteiger charge is 2.27. The molecule has 0 spiro atoms. The van der Waals surface area contributed by atoms with Gasteiger partial charge in [-0.3, -0.25) is 4.79 Å². The molecular weight excluding hydrogens is 367 g/mol. The normalized spacial score (nSPS) is 18.7. The summed E-state index contributed by atoms with van der Waals surface area (Å²) in [7, 11) is 0. The standard InChI is InChI=1S/C20H17FN2O3S/c21-16-7-6-14(12-17(16)26-15-4-2-1-3-5-15)13-18-19(24)22-20(27-18)23-8-10-25-11-9-23/h1-7,12-13H,8-11H2/b18-13-. The van der Waals surface area contributed by atoms with Crippen LogP contribution in [0, 0.1) is 5.82 Å². The second-order valence-electron chi connectivity index (χ2n) is 6.01. The van der Waals surface area contributed by atoms with E-state index in [4.69, 9.17) is 9.47 Å². The average molecular weight is 384 g/mol. The molecule has 0 atom stereocenters. The van der Waals surface area contributed by atoms with Gasteiger partial charge in [-0.2, -0.15) is 4.99 Å². The number of hydrogen-bond donors (Lipinski definition) is 0. The fourth-order valence-corrected chi connectivity index (χ4v) is 3.71. The number of morpholine rings is 1. The number of benzene rings is 2. The number of carbonyl (C=O) groups is 1. The molecule has 27 heavy (non-hydrogen) atoms. The van der Waals surface area contributed by atoms with Gasteiger partial charge in [-0.1, -0.05) is 24.3 Å². The van der Waals surface area contributed by atoms with E-state index in [-0.39, 0.29) is 11.7 Å². The Bertz CT molecular complexity index is 909. The number of ether oxygens (including phenoxy) is 2. The van der Waals surface area contributed by atoms with Crippen molar-refractivity contribution in [2.45, 2.75) is 0 Å². The van der Waals surface area contributed by atoms with Gasteiger partial charge in [0.15, 0.2) is 16.7 Å². The minimum Gasteiger partial charge on any atom is -0.454 e. The van der Waals surface area contributed by atoms with Gasteiger partial charge in [0, 0.05) is 13.1 Å². The molecule has 1 fully saturated rings. The number of aliphatic imine (C=N–C) groups is 1.